The number of rotatable bonds is 6. The zero-order chi connectivity index (χ0) is 12.1. The highest BCUT2D eigenvalue weighted by atomic mass is 15.3. The minimum absolute atomic E-state index is 0.775. The molecule has 0 aliphatic carbocycles. The number of nitrogens with one attached hydrogen (secondary N) is 1. The quantitative estimate of drug-likeness (QED) is 0.823. The van der Waals surface area contributed by atoms with E-state index in [1.807, 2.05) is 6.07 Å². The van der Waals surface area contributed by atoms with Gasteiger partial charge in [-0.3, -0.25) is 0 Å². The number of hydrogen-bond donors (Lipinski definition) is 1. The fraction of sp³-hybridized carbons (Fsp3) is 0.571. The number of aromatic amines is 1. The van der Waals surface area contributed by atoms with Gasteiger partial charge in [0.2, 0.25) is 0 Å². The Balaban J connectivity index is 2.13. The molecule has 0 radical (unpaired) electrons. The van der Waals surface area contributed by atoms with Crippen molar-refractivity contribution in [3.8, 4) is 0 Å². The smallest absolute Gasteiger partial charge is 0.116 e. The van der Waals surface area contributed by atoms with E-state index in [-0.39, 0.29) is 0 Å². The maximum absolute atomic E-state index is 4.25. The second kappa shape index (κ2) is 5.80. The monoisotopic (exact) mass is 231 g/mol. The van der Waals surface area contributed by atoms with Crippen molar-refractivity contribution < 1.29 is 0 Å². The summed E-state index contributed by atoms with van der Waals surface area (Å²) >= 11 is 0. The fourth-order valence-corrected chi connectivity index (χ4v) is 2.34. The summed E-state index contributed by atoms with van der Waals surface area (Å²) < 4.78 is 0. The molecule has 1 heterocycles. The third-order valence-corrected chi connectivity index (χ3v) is 3.48. The molecule has 2 aromatic rings. The number of fused-ring (bicyclic) bond motifs is 1. The maximum atomic E-state index is 4.25. The summed E-state index contributed by atoms with van der Waals surface area (Å²) in [6, 6.07) is 6.27. The molecule has 2 rings (SSSR count). The maximum Gasteiger partial charge on any atom is 0.116 e. The highest BCUT2D eigenvalue weighted by molar-refractivity contribution is 5.77. The van der Waals surface area contributed by atoms with E-state index in [1.165, 1.54) is 31.2 Å². The van der Waals surface area contributed by atoms with Crippen LogP contribution >= 0.6 is 0 Å². The Bertz CT molecular complexity index is 461. The van der Waals surface area contributed by atoms with Crippen LogP contribution in [0.15, 0.2) is 18.2 Å². The van der Waals surface area contributed by atoms with Gasteiger partial charge < -0.3 is 0 Å². The molecule has 17 heavy (non-hydrogen) atoms. The van der Waals surface area contributed by atoms with E-state index in [2.05, 4.69) is 41.4 Å². The van der Waals surface area contributed by atoms with Gasteiger partial charge in [0, 0.05) is 0 Å². The van der Waals surface area contributed by atoms with E-state index in [1.54, 1.807) is 0 Å². The molecule has 3 heteroatoms. The lowest BCUT2D eigenvalue weighted by molar-refractivity contribution is 0.450. The molecule has 3 nitrogen and oxygen atoms in total. The second-order valence-electron chi connectivity index (χ2n) is 4.73. The van der Waals surface area contributed by atoms with Crippen molar-refractivity contribution in [2.24, 2.45) is 5.92 Å². The van der Waals surface area contributed by atoms with E-state index >= 15 is 0 Å². The fourth-order valence-electron chi connectivity index (χ4n) is 2.34. The third-order valence-electron chi connectivity index (χ3n) is 3.48. The first-order chi connectivity index (χ1) is 8.35. The van der Waals surface area contributed by atoms with Crippen LogP contribution in [0.25, 0.3) is 11.0 Å². The normalized spacial score (nSPS) is 13.1. The average Bonchev–Trinajstić information content (AvgIpc) is 2.83. The molecular weight excluding hydrogens is 210 g/mol. The number of unbranched alkanes of at least 4 members (excludes halogenated alkanes) is 1. The average molecular weight is 231 g/mol. The summed E-state index contributed by atoms with van der Waals surface area (Å²) in [6.07, 6.45) is 6.30. The van der Waals surface area contributed by atoms with Crippen LogP contribution in [0, 0.1) is 5.92 Å². The molecule has 0 saturated carbocycles. The largest absolute Gasteiger partial charge is 0.197 e. The molecule has 1 atom stereocenters. The van der Waals surface area contributed by atoms with Gasteiger partial charge in [-0.05, 0) is 24.0 Å². The second-order valence-corrected chi connectivity index (χ2v) is 4.73. The standard InChI is InChI=1S/C14H21N3/c1-3-5-7-11(4-2)10-12-8-6-9-13-14(12)16-17-15-13/h6,8-9,11H,3-5,7,10H2,1-2H3,(H,15,16,17). The van der Waals surface area contributed by atoms with E-state index in [0.29, 0.717) is 0 Å². The number of aromatic nitrogens is 3. The molecule has 0 spiro atoms. The first kappa shape index (κ1) is 12.1. The van der Waals surface area contributed by atoms with Gasteiger partial charge in [-0.2, -0.15) is 15.4 Å². The predicted octanol–water partition coefficient (Wildman–Crippen LogP) is 3.72. The Labute approximate surface area is 103 Å². The lowest BCUT2D eigenvalue weighted by Gasteiger charge is -2.14. The Morgan fingerprint density at radius 2 is 2.12 bits per heavy atom. The van der Waals surface area contributed by atoms with Crippen LogP contribution in [0.3, 0.4) is 0 Å². The Morgan fingerprint density at radius 1 is 1.24 bits per heavy atom. The molecule has 1 N–H and O–H groups in total. The first-order valence-corrected chi connectivity index (χ1v) is 6.63. The molecule has 0 aliphatic rings. The molecule has 1 unspecified atom stereocenters. The van der Waals surface area contributed by atoms with Gasteiger partial charge in [-0.25, -0.2) is 0 Å². The molecule has 0 aliphatic heterocycles. The summed E-state index contributed by atoms with van der Waals surface area (Å²) in [6.45, 7) is 4.54. The van der Waals surface area contributed by atoms with Gasteiger partial charge in [-0.15, -0.1) is 0 Å². The number of hydrogen-bond acceptors (Lipinski definition) is 2. The van der Waals surface area contributed by atoms with Gasteiger partial charge in [-0.1, -0.05) is 51.7 Å². The van der Waals surface area contributed by atoms with Crippen LogP contribution in [-0.2, 0) is 6.42 Å². The van der Waals surface area contributed by atoms with Crippen LogP contribution in [0.1, 0.15) is 45.1 Å². The Morgan fingerprint density at radius 3 is 2.88 bits per heavy atom. The van der Waals surface area contributed by atoms with Crippen molar-refractivity contribution in [1.82, 2.24) is 15.4 Å². The molecule has 1 aromatic carbocycles. The van der Waals surface area contributed by atoms with E-state index in [4.69, 9.17) is 0 Å². The van der Waals surface area contributed by atoms with Crippen LogP contribution in [0.4, 0.5) is 0 Å². The summed E-state index contributed by atoms with van der Waals surface area (Å²) in [5.74, 6) is 0.775. The van der Waals surface area contributed by atoms with Crippen molar-refractivity contribution in [1.29, 1.82) is 0 Å². The molecule has 0 saturated heterocycles. The third kappa shape index (κ3) is 2.84. The van der Waals surface area contributed by atoms with Crippen LogP contribution in [0.2, 0.25) is 0 Å². The SMILES string of the molecule is CCCCC(CC)Cc1cccc2n[nH]nc12. The van der Waals surface area contributed by atoms with Crippen molar-refractivity contribution in [3.63, 3.8) is 0 Å². The van der Waals surface area contributed by atoms with E-state index in [0.717, 1.165) is 23.4 Å². The molecule has 0 bridgehead atoms. The van der Waals surface area contributed by atoms with E-state index < -0.39 is 0 Å². The van der Waals surface area contributed by atoms with E-state index in [9.17, 15) is 0 Å². The van der Waals surface area contributed by atoms with Crippen LogP contribution in [0.5, 0.6) is 0 Å². The topological polar surface area (TPSA) is 41.6 Å². The minimum atomic E-state index is 0.775. The number of para-hydroxylation sites is 1. The number of H-pyrrole nitrogens is 1. The van der Waals surface area contributed by atoms with Gasteiger partial charge >= 0.3 is 0 Å². The van der Waals surface area contributed by atoms with Crippen molar-refractivity contribution in [3.05, 3.63) is 23.8 Å². The first-order valence-electron chi connectivity index (χ1n) is 6.63. The Kier molecular flexibility index (Phi) is 4.13. The zero-order valence-corrected chi connectivity index (χ0v) is 10.7. The van der Waals surface area contributed by atoms with Crippen molar-refractivity contribution in [2.45, 2.75) is 46.0 Å². The van der Waals surface area contributed by atoms with Gasteiger partial charge in [0.1, 0.15) is 11.0 Å². The summed E-state index contributed by atoms with van der Waals surface area (Å²) in [5, 5.41) is 11.1. The molecule has 92 valence electrons. The highest BCUT2D eigenvalue weighted by Crippen LogP contribution is 2.22. The lowest BCUT2D eigenvalue weighted by Crippen LogP contribution is -2.04. The Hall–Kier alpha value is -1.38. The molecule has 1 aromatic heterocycles. The summed E-state index contributed by atoms with van der Waals surface area (Å²) in [7, 11) is 0. The van der Waals surface area contributed by atoms with Crippen LogP contribution in [-0.4, -0.2) is 15.4 Å². The molecule has 0 amide bonds. The van der Waals surface area contributed by atoms with Crippen LogP contribution < -0.4 is 0 Å². The summed E-state index contributed by atoms with van der Waals surface area (Å²) in [5.41, 5.74) is 3.36. The molecular formula is C14H21N3. The molecule has 0 fully saturated rings. The highest BCUT2D eigenvalue weighted by Gasteiger charge is 2.11. The zero-order valence-electron chi connectivity index (χ0n) is 10.7. The van der Waals surface area contributed by atoms with Gasteiger partial charge in [0.05, 0.1) is 0 Å². The lowest BCUT2D eigenvalue weighted by atomic mass is 9.91. The van der Waals surface area contributed by atoms with Gasteiger partial charge in [0.25, 0.3) is 0 Å². The summed E-state index contributed by atoms with van der Waals surface area (Å²) in [4.78, 5) is 0. The minimum Gasteiger partial charge on any atom is -0.197 e. The number of nitrogens with zero attached hydrogens (tertiary/aromatic N) is 2. The van der Waals surface area contributed by atoms with Crippen molar-refractivity contribution in [2.75, 3.05) is 0 Å². The predicted molar refractivity (Wildman–Crippen MR) is 70.9 cm³/mol. The van der Waals surface area contributed by atoms with Gasteiger partial charge in [0.15, 0.2) is 0 Å². The number of benzene rings is 1. The van der Waals surface area contributed by atoms with Crippen molar-refractivity contribution >= 4 is 11.0 Å².